The van der Waals surface area contributed by atoms with Crippen LogP contribution in [0.1, 0.15) is 24.5 Å². The first-order valence-corrected chi connectivity index (χ1v) is 8.39. The highest BCUT2D eigenvalue weighted by molar-refractivity contribution is 5.07. The quantitative estimate of drug-likeness (QED) is 0.225. The lowest BCUT2D eigenvalue weighted by molar-refractivity contribution is -0.262. The van der Waals surface area contributed by atoms with E-state index in [4.69, 9.17) is 10.3 Å². The second kappa shape index (κ2) is 9.69. The Morgan fingerprint density at radius 2 is 1.84 bits per heavy atom. The molecule has 0 saturated carbocycles. The number of halogens is 6. The number of aromatic amines is 1. The van der Waals surface area contributed by atoms with Crippen LogP contribution in [0.4, 0.5) is 26.3 Å². The maximum absolute atomic E-state index is 12.5. The molecule has 0 amide bonds. The number of aliphatic hydroxyl groups is 1. The largest absolute Gasteiger partial charge is 0.411 e. The van der Waals surface area contributed by atoms with Gasteiger partial charge in [-0.15, -0.1) is 0 Å². The molecule has 17 heteroatoms. The van der Waals surface area contributed by atoms with Crippen molar-refractivity contribution in [1.82, 2.24) is 14.5 Å². The number of ether oxygens (including phenoxy) is 3. The first-order chi connectivity index (χ1) is 14.3. The number of nitrogens with zero attached hydrogens (tertiary/aromatic N) is 3. The van der Waals surface area contributed by atoms with Gasteiger partial charge in [0, 0.05) is 12.6 Å². The van der Waals surface area contributed by atoms with Crippen molar-refractivity contribution in [2.24, 2.45) is 5.11 Å². The Kier molecular flexibility index (Phi) is 7.72. The van der Waals surface area contributed by atoms with Gasteiger partial charge in [-0.1, -0.05) is 0 Å². The van der Waals surface area contributed by atoms with Crippen molar-refractivity contribution >= 4 is 0 Å². The van der Waals surface area contributed by atoms with Crippen molar-refractivity contribution in [1.29, 1.82) is 5.53 Å². The van der Waals surface area contributed by atoms with Crippen molar-refractivity contribution in [2.75, 3.05) is 19.8 Å². The molecule has 0 radical (unpaired) electrons. The van der Waals surface area contributed by atoms with Crippen LogP contribution in [0.25, 0.3) is 0 Å². The molecule has 11 nitrogen and oxygen atoms in total. The molecular weight excluding hydrogens is 448 g/mol. The monoisotopic (exact) mass is 464 g/mol. The van der Waals surface area contributed by atoms with Crippen molar-refractivity contribution in [3.63, 3.8) is 0 Å². The molecule has 2 rings (SSSR count). The van der Waals surface area contributed by atoms with Gasteiger partial charge < -0.3 is 19.3 Å². The van der Waals surface area contributed by atoms with Gasteiger partial charge >= 0.3 is 18.0 Å². The molecule has 174 valence electrons. The van der Waals surface area contributed by atoms with Crippen LogP contribution >= 0.6 is 0 Å². The number of rotatable bonds is 8. The summed E-state index contributed by atoms with van der Waals surface area (Å²) in [5, 5.41) is 12.8. The van der Waals surface area contributed by atoms with Crippen LogP contribution in [0.5, 0.6) is 0 Å². The minimum Gasteiger partial charge on any atom is -0.394 e. The zero-order valence-electron chi connectivity index (χ0n) is 15.3. The van der Waals surface area contributed by atoms with Gasteiger partial charge in [0.1, 0.15) is 36.2 Å². The summed E-state index contributed by atoms with van der Waals surface area (Å²) < 4.78 is 89.5. The summed E-state index contributed by atoms with van der Waals surface area (Å²) in [6.07, 6.45) is -14.1. The van der Waals surface area contributed by atoms with E-state index in [1.54, 1.807) is 4.98 Å². The minimum absolute atomic E-state index is 0.142. The highest BCUT2D eigenvalue weighted by Crippen LogP contribution is 2.30. The molecule has 0 aromatic carbocycles. The van der Waals surface area contributed by atoms with Gasteiger partial charge in [-0.05, 0) is 0 Å². The van der Waals surface area contributed by atoms with E-state index in [2.05, 4.69) is 19.5 Å². The lowest BCUT2D eigenvalue weighted by atomic mass is 10.1. The van der Waals surface area contributed by atoms with E-state index in [1.807, 2.05) is 0 Å². The first kappa shape index (κ1) is 24.7. The van der Waals surface area contributed by atoms with Gasteiger partial charge in [-0.3, -0.25) is 14.3 Å². The maximum atomic E-state index is 12.5. The molecule has 3 unspecified atom stereocenters. The number of aliphatic hydroxyl groups excluding tert-OH is 1. The Balaban J connectivity index is 2.39. The number of alkyl halides is 6. The van der Waals surface area contributed by atoms with Crippen LogP contribution in [0, 0.1) is 5.53 Å². The predicted octanol–water partition coefficient (Wildman–Crippen LogP) is 0.892. The van der Waals surface area contributed by atoms with Crippen molar-refractivity contribution in [2.45, 2.75) is 43.4 Å². The molecule has 3 N–H and O–H groups in total. The molecule has 2 heterocycles. The molecule has 0 bridgehead atoms. The second-order valence-corrected chi connectivity index (χ2v) is 6.27. The highest BCUT2D eigenvalue weighted by Gasteiger charge is 2.40. The number of hydrogen-bond donors (Lipinski definition) is 3. The van der Waals surface area contributed by atoms with E-state index < -0.39 is 73.6 Å². The van der Waals surface area contributed by atoms with E-state index in [-0.39, 0.29) is 6.42 Å². The third kappa shape index (κ3) is 6.96. The standard InChI is InChI=1S/C14H15F6N5O6/c15-13(16,17)4-29-11(30-5-14(18,19)20)6-2-25(12(28)22-10(6)27)9-1-7(23-24-21)8(3-26)31-9/h2,7-9,11,21,26H,1,3-5H2/p+1. The fourth-order valence-corrected chi connectivity index (χ4v) is 2.70. The Hall–Kier alpha value is -2.59. The third-order valence-electron chi connectivity index (χ3n) is 3.95. The average Bonchev–Trinajstić information content (AvgIpc) is 3.04. The van der Waals surface area contributed by atoms with Gasteiger partial charge in [-0.2, -0.15) is 26.3 Å². The van der Waals surface area contributed by atoms with E-state index >= 15 is 0 Å². The molecule has 1 aliphatic rings. The maximum Gasteiger partial charge on any atom is 0.411 e. The topological polar surface area (TPSA) is 153 Å². The lowest BCUT2D eigenvalue weighted by Crippen LogP contribution is -2.37. The van der Waals surface area contributed by atoms with Crippen LogP contribution < -0.4 is 16.2 Å². The molecule has 1 aromatic heterocycles. The summed E-state index contributed by atoms with van der Waals surface area (Å²) in [5.41, 5.74) is 3.44. The van der Waals surface area contributed by atoms with Gasteiger partial charge in [0.15, 0.2) is 12.3 Å². The van der Waals surface area contributed by atoms with Crippen molar-refractivity contribution < 1.29 is 45.7 Å². The van der Waals surface area contributed by atoms with Crippen LogP contribution in [0.3, 0.4) is 0 Å². The number of hydrogen-bond acceptors (Lipinski definition) is 8. The number of H-pyrrole nitrogens is 1. The van der Waals surface area contributed by atoms with Crippen LogP contribution in [-0.4, -0.2) is 59.0 Å². The fourth-order valence-electron chi connectivity index (χ4n) is 2.70. The second-order valence-electron chi connectivity index (χ2n) is 6.27. The van der Waals surface area contributed by atoms with E-state index in [9.17, 15) is 41.0 Å². The number of nitrogens with one attached hydrogen (secondary N) is 2. The molecule has 1 fully saturated rings. The van der Waals surface area contributed by atoms with E-state index in [0.29, 0.717) is 10.8 Å². The Morgan fingerprint density at radius 1 is 1.26 bits per heavy atom. The van der Waals surface area contributed by atoms with Crippen LogP contribution in [0.15, 0.2) is 20.9 Å². The summed E-state index contributed by atoms with van der Waals surface area (Å²) >= 11 is 0. The zero-order chi connectivity index (χ0) is 23.4. The van der Waals surface area contributed by atoms with Crippen LogP contribution in [0.2, 0.25) is 0 Å². The summed E-state index contributed by atoms with van der Waals surface area (Å²) in [4.78, 5) is 28.7. The average molecular weight is 464 g/mol. The molecule has 0 aliphatic carbocycles. The zero-order valence-corrected chi connectivity index (χ0v) is 15.3. The molecular formula is C14H16F6N5O6+. The van der Waals surface area contributed by atoms with Crippen molar-refractivity contribution in [3.8, 4) is 0 Å². The summed E-state index contributed by atoms with van der Waals surface area (Å²) in [6, 6.07) is -0.867. The molecule has 31 heavy (non-hydrogen) atoms. The number of aromatic nitrogens is 2. The van der Waals surface area contributed by atoms with Gasteiger partial charge in [0.05, 0.1) is 12.2 Å². The minimum atomic E-state index is -4.95. The van der Waals surface area contributed by atoms with Crippen molar-refractivity contribution in [3.05, 3.63) is 32.6 Å². The Morgan fingerprint density at radius 3 is 2.32 bits per heavy atom. The molecule has 1 saturated heterocycles. The normalized spacial score (nSPS) is 22.0. The third-order valence-corrected chi connectivity index (χ3v) is 3.95. The van der Waals surface area contributed by atoms with E-state index in [1.165, 1.54) is 0 Å². The summed E-state index contributed by atoms with van der Waals surface area (Å²) in [6.45, 7) is -4.66. The fraction of sp³-hybridized carbons (Fsp3) is 0.714. The Labute approximate surface area is 167 Å². The van der Waals surface area contributed by atoms with Gasteiger partial charge in [0.25, 0.3) is 5.56 Å². The molecule has 0 spiro atoms. The molecule has 3 atom stereocenters. The first-order valence-electron chi connectivity index (χ1n) is 8.39. The van der Waals surface area contributed by atoms with Crippen LogP contribution in [-0.2, 0) is 14.2 Å². The smallest absolute Gasteiger partial charge is 0.394 e. The molecule has 1 aromatic rings. The lowest BCUT2D eigenvalue weighted by Gasteiger charge is -2.21. The summed E-state index contributed by atoms with van der Waals surface area (Å²) in [5.74, 6) is 0. The van der Waals surface area contributed by atoms with Gasteiger partial charge in [-0.25, -0.2) is 4.79 Å². The predicted molar refractivity (Wildman–Crippen MR) is 84.8 cm³/mol. The SMILES string of the molecule is N=[N+]=NC1CC(n2cc(C(OCC(F)(F)F)OCC(F)(F)F)c(=O)[nH]c2=O)OC1CO. The molecule has 1 aliphatic heterocycles. The Bertz CT molecular complexity index is 906. The van der Waals surface area contributed by atoms with E-state index in [0.717, 1.165) is 0 Å². The highest BCUT2D eigenvalue weighted by atomic mass is 19.4. The summed E-state index contributed by atoms with van der Waals surface area (Å²) in [7, 11) is 0. The van der Waals surface area contributed by atoms with Gasteiger partial charge in [0.2, 0.25) is 4.91 Å².